The van der Waals surface area contributed by atoms with Gasteiger partial charge in [-0.15, -0.1) is 0 Å². The van der Waals surface area contributed by atoms with Crippen molar-refractivity contribution in [1.82, 2.24) is 0 Å². The molecule has 2 nitrogen and oxygen atoms in total. The lowest BCUT2D eigenvalue weighted by Gasteiger charge is -1.88. The quantitative estimate of drug-likeness (QED) is 0.361. The first-order valence-electron chi connectivity index (χ1n) is 1.77. The molecule has 0 atom stereocenters. The fourth-order valence-electron chi connectivity index (χ4n) is 0.105. The molecule has 0 aliphatic carbocycles. The van der Waals surface area contributed by atoms with Crippen molar-refractivity contribution in [2.45, 2.75) is 0 Å². The monoisotopic (exact) mass is 150 g/mol. The lowest BCUT2D eigenvalue weighted by molar-refractivity contribution is 0.617. The van der Waals surface area contributed by atoms with Gasteiger partial charge in [0.05, 0.1) is 4.91 Å². The lowest BCUT2D eigenvalue weighted by atomic mass is 10.6. The van der Waals surface area contributed by atoms with Crippen molar-refractivity contribution >= 4 is 20.5 Å². The third-order valence-electron chi connectivity index (χ3n) is 0.559. The van der Waals surface area contributed by atoms with Gasteiger partial charge >= 0.3 is 0 Å². The Labute approximate surface area is 53.6 Å². The van der Waals surface area contributed by atoms with Gasteiger partial charge in [0.25, 0.3) is 0 Å². The number of hydrogen-bond donors (Lipinski definition) is 1. The molecule has 0 aliphatic rings. The second-order valence-electron chi connectivity index (χ2n) is 1.15. The van der Waals surface area contributed by atoms with E-state index in [0.717, 1.165) is 6.08 Å². The Hall–Kier alpha value is -0.220. The first-order chi connectivity index (χ1) is 3.48. The van der Waals surface area contributed by atoms with Crippen molar-refractivity contribution in [3.05, 3.63) is 24.1 Å². The molecule has 0 radical (unpaired) electrons. The van der Waals surface area contributed by atoms with Gasteiger partial charge in [-0.2, -0.15) is 0 Å². The van der Waals surface area contributed by atoms with Crippen LogP contribution in [0.15, 0.2) is 24.1 Å². The zero-order valence-electron chi connectivity index (χ0n) is 4.16. The van der Waals surface area contributed by atoms with Crippen LogP contribution in [0.3, 0.4) is 0 Å². The molecule has 0 N–H and O–H groups in total. The molecule has 0 spiro atoms. The van der Waals surface area contributed by atoms with Gasteiger partial charge in [-0.3, -0.25) is 0 Å². The van der Waals surface area contributed by atoms with E-state index < -0.39 is 8.87 Å². The van der Waals surface area contributed by atoms with Crippen molar-refractivity contribution in [3.8, 4) is 0 Å². The van der Waals surface area contributed by atoms with Gasteiger partial charge in [0.1, 0.15) is 0 Å². The molecule has 0 saturated heterocycles. The summed E-state index contributed by atoms with van der Waals surface area (Å²) in [5.74, 6) is 0. The maximum Gasteiger partial charge on any atom is 0.226 e. The van der Waals surface area contributed by atoms with E-state index in [1.807, 2.05) is 0 Å². The second kappa shape index (κ2) is 2.37. The van der Waals surface area contributed by atoms with Crippen LogP contribution in [0.1, 0.15) is 0 Å². The number of thiol groups is 1. The smallest absolute Gasteiger partial charge is 0.212 e. The standard InChI is InChI=1S/C4H6O2S2/c1-3-4(2)8(5,6)7/h3H,1-2H2,(H,5,6,7). The largest absolute Gasteiger partial charge is 0.226 e. The van der Waals surface area contributed by atoms with Crippen LogP contribution in [0, 0.1) is 0 Å². The normalized spacial score (nSPS) is 10.6. The van der Waals surface area contributed by atoms with E-state index in [-0.39, 0.29) is 4.91 Å². The average Bonchev–Trinajstić information content (AvgIpc) is 1.62. The summed E-state index contributed by atoms with van der Waals surface area (Å²) in [6, 6.07) is 0. The average molecular weight is 150 g/mol. The minimum absolute atomic E-state index is 0.0687. The first kappa shape index (κ1) is 7.78. The van der Waals surface area contributed by atoms with Gasteiger partial charge in [-0.1, -0.05) is 19.2 Å². The summed E-state index contributed by atoms with van der Waals surface area (Å²) in [5.41, 5.74) is 0. The third kappa shape index (κ3) is 2.18. The minimum atomic E-state index is -3.37. The highest BCUT2D eigenvalue weighted by Crippen LogP contribution is 2.07. The Bertz CT molecular complexity index is 200. The molecular weight excluding hydrogens is 144 g/mol. The molecule has 0 rings (SSSR count). The van der Waals surface area contributed by atoms with Crippen LogP contribution in [-0.2, 0) is 8.87 Å². The molecule has 0 unspecified atom stereocenters. The predicted molar refractivity (Wildman–Crippen MR) is 37.2 cm³/mol. The molecule has 0 amide bonds. The number of hydrogen-bond acceptors (Lipinski definition) is 2. The molecule has 0 aromatic rings. The number of allylic oxidation sites excluding steroid dienone is 1. The Morgan fingerprint density at radius 2 is 2.00 bits per heavy atom. The van der Waals surface area contributed by atoms with Crippen LogP contribution in [0.2, 0.25) is 0 Å². The van der Waals surface area contributed by atoms with Crippen molar-refractivity contribution < 1.29 is 8.42 Å². The predicted octanol–water partition coefficient (Wildman–Crippen LogP) is 0.946. The molecular formula is C4H6O2S2. The van der Waals surface area contributed by atoms with Crippen LogP contribution in [0.4, 0.5) is 0 Å². The molecule has 0 aromatic carbocycles. The van der Waals surface area contributed by atoms with Crippen molar-refractivity contribution in [1.29, 1.82) is 0 Å². The highest BCUT2D eigenvalue weighted by molar-refractivity contribution is 8.65. The lowest BCUT2D eigenvalue weighted by Crippen LogP contribution is -1.87. The summed E-state index contributed by atoms with van der Waals surface area (Å²) in [7, 11) is -3.37. The Balaban J connectivity index is 4.53. The molecule has 0 heterocycles. The molecule has 0 bridgehead atoms. The SMILES string of the molecule is C=CC(=C)S(=O)(=O)S. The van der Waals surface area contributed by atoms with Crippen molar-refractivity contribution in [2.24, 2.45) is 0 Å². The van der Waals surface area contributed by atoms with E-state index in [9.17, 15) is 8.42 Å². The van der Waals surface area contributed by atoms with Gasteiger partial charge in [-0.25, -0.2) is 8.42 Å². The summed E-state index contributed by atoms with van der Waals surface area (Å²) in [5, 5.41) is 0. The highest BCUT2D eigenvalue weighted by Gasteiger charge is 2.02. The molecule has 0 fully saturated rings. The van der Waals surface area contributed by atoms with Crippen molar-refractivity contribution in [3.63, 3.8) is 0 Å². The van der Waals surface area contributed by atoms with Gasteiger partial charge in [0.15, 0.2) is 0 Å². The summed E-state index contributed by atoms with van der Waals surface area (Å²) < 4.78 is 20.5. The highest BCUT2D eigenvalue weighted by atomic mass is 33.1. The topological polar surface area (TPSA) is 34.1 Å². The molecule has 46 valence electrons. The van der Waals surface area contributed by atoms with Gasteiger partial charge < -0.3 is 0 Å². The van der Waals surface area contributed by atoms with E-state index in [0.29, 0.717) is 0 Å². The fraction of sp³-hybridized carbons (Fsp3) is 0. The van der Waals surface area contributed by atoms with E-state index in [2.05, 4.69) is 24.8 Å². The van der Waals surface area contributed by atoms with Gasteiger partial charge in [0, 0.05) is 0 Å². The summed E-state index contributed by atoms with van der Waals surface area (Å²) in [4.78, 5) is -0.0687. The van der Waals surface area contributed by atoms with Crippen LogP contribution >= 0.6 is 11.7 Å². The van der Waals surface area contributed by atoms with Gasteiger partial charge in [-0.05, 0) is 11.7 Å². The van der Waals surface area contributed by atoms with Crippen LogP contribution in [0.25, 0.3) is 0 Å². The second-order valence-corrected chi connectivity index (χ2v) is 4.06. The Kier molecular flexibility index (Phi) is 2.30. The molecule has 4 heteroatoms. The zero-order valence-corrected chi connectivity index (χ0v) is 5.87. The van der Waals surface area contributed by atoms with Crippen LogP contribution < -0.4 is 0 Å². The summed E-state index contributed by atoms with van der Waals surface area (Å²) >= 11 is 3.23. The summed E-state index contributed by atoms with van der Waals surface area (Å²) in [6.07, 6.45) is 1.14. The van der Waals surface area contributed by atoms with E-state index in [4.69, 9.17) is 0 Å². The first-order valence-corrected chi connectivity index (χ1v) is 4.31. The Morgan fingerprint density at radius 1 is 1.62 bits per heavy atom. The third-order valence-corrected chi connectivity index (χ3v) is 2.09. The van der Waals surface area contributed by atoms with Crippen LogP contribution in [-0.4, -0.2) is 8.42 Å². The van der Waals surface area contributed by atoms with Crippen molar-refractivity contribution in [2.75, 3.05) is 0 Å². The number of rotatable bonds is 2. The fourth-order valence-corrected chi connectivity index (χ4v) is 0.540. The van der Waals surface area contributed by atoms with E-state index >= 15 is 0 Å². The van der Waals surface area contributed by atoms with Crippen LogP contribution in [0.5, 0.6) is 0 Å². The maximum absolute atomic E-state index is 10.3. The molecule has 8 heavy (non-hydrogen) atoms. The molecule has 0 aromatic heterocycles. The van der Waals surface area contributed by atoms with E-state index in [1.54, 1.807) is 0 Å². The Morgan fingerprint density at radius 3 is 2.00 bits per heavy atom. The van der Waals surface area contributed by atoms with Gasteiger partial charge in [0.2, 0.25) is 8.87 Å². The molecule has 0 saturated carbocycles. The maximum atomic E-state index is 10.3. The minimum Gasteiger partial charge on any atom is -0.212 e. The van der Waals surface area contributed by atoms with E-state index in [1.165, 1.54) is 0 Å². The zero-order chi connectivity index (χ0) is 6.78. The molecule has 0 aliphatic heterocycles. The summed E-state index contributed by atoms with van der Waals surface area (Å²) in [6.45, 7) is 6.36.